The average Bonchev–Trinajstić information content (AvgIpc) is 2.93. The lowest BCUT2D eigenvalue weighted by molar-refractivity contribution is -0.143. The molecule has 0 bridgehead atoms. The summed E-state index contributed by atoms with van der Waals surface area (Å²) in [4.78, 5) is 11.4. The Bertz CT molecular complexity index is 519. The van der Waals surface area contributed by atoms with Crippen LogP contribution in [0.25, 0.3) is 0 Å². The van der Waals surface area contributed by atoms with Crippen molar-refractivity contribution >= 4 is 23.3 Å². The highest BCUT2D eigenvalue weighted by atomic mass is 32.1. The lowest BCUT2D eigenvalue weighted by Gasteiger charge is -2.17. The number of rotatable bonds is 7. The highest BCUT2D eigenvalue weighted by Crippen LogP contribution is 2.30. The van der Waals surface area contributed by atoms with E-state index in [0.29, 0.717) is 24.7 Å². The predicted molar refractivity (Wildman–Crippen MR) is 91.7 cm³/mol. The van der Waals surface area contributed by atoms with Crippen molar-refractivity contribution in [2.45, 2.75) is 45.1 Å². The molecule has 5 heteroatoms. The molecule has 0 amide bonds. The smallest absolute Gasteiger partial charge is 0.305 e. The van der Waals surface area contributed by atoms with Crippen molar-refractivity contribution < 1.29 is 9.53 Å². The lowest BCUT2D eigenvalue weighted by atomic mass is 10.1. The molecule has 1 unspecified atom stereocenters. The summed E-state index contributed by atoms with van der Waals surface area (Å²) in [6.45, 7) is 2.95. The minimum absolute atomic E-state index is 0.132. The van der Waals surface area contributed by atoms with Crippen LogP contribution in [-0.2, 0) is 16.0 Å². The van der Waals surface area contributed by atoms with Crippen molar-refractivity contribution in [1.29, 1.82) is 0 Å². The second-order valence-electron chi connectivity index (χ2n) is 5.51. The normalized spacial score (nSPS) is 16.0. The summed E-state index contributed by atoms with van der Waals surface area (Å²) in [7, 11) is 0. The predicted octanol–water partition coefficient (Wildman–Crippen LogP) is 2.87. The largest absolute Gasteiger partial charge is 0.464 e. The molecular weight excluding hydrogens is 296 g/mol. The minimum Gasteiger partial charge on any atom is -0.464 e. The van der Waals surface area contributed by atoms with Crippen LogP contribution >= 0.6 is 12.2 Å². The Balaban J connectivity index is 1.64. The quantitative estimate of drug-likeness (QED) is 0.460. The van der Waals surface area contributed by atoms with E-state index >= 15 is 0 Å². The summed E-state index contributed by atoms with van der Waals surface area (Å²) in [5, 5.41) is 7.05. The highest BCUT2D eigenvalue weighted by molar-refractivity contribution is 7.80. The first kappa shape index (κ1) is 16.7. The number of nitrogens with one attached hydrogen (secondary N) is 2. The number of carbonyl (C=O) groups excluding carboxylic acids is 1. The number of ether oxygens (including phenoxy) is 1. The third-order valence-electron chi connectivity index (χ3n) is 3.82. The molecule has 1 aromatic carbocycles. The number of unbranched alkanes of at least 4 members (excludes halogenated alkanes) is 1. The molecule has 22 heavy (non-hydrogen) atoms. The fraction of sp³-hybridized carbons (Fsp3) is 0.529. The van der Waals surface area contributed by atoms with Gasteiger partial charge in [-0.05, 0) is 42.6 Å². The van der Waals surface area contributed by atoms with E-state index in [4.69, 9.17) is 17.0 Å². The third-order valence-corrected chi connectivity index (χ3v) is 4.09. The first-order valence-electron chi connectivity index (χ1n) is 7.98. The Kier molecular flexibility index (Phi) is 6.65. The van der Waals surface area contributed by atoms with E-state index in [9.17, 15) is 4.79 Å². The van der Waals surface area contributed by atoms with Gasteiger partial charge in [0.2, 0.25) is 0 Å². The van der Waals surface area contributed by atoms with Gasteiger partial charge in [0.15, 0.2) is 5.11 Å². The van der Waals surface area contributed by atoms with Crippen molar-refractivity contribution in [1.82, 2.24) is 10.6 Å². The van der Waals surface area contributed by atoms with E-state index in [1.807, 2.05) is 0 Å². The van der Waals surface area contributed by atoms with Crippen LogP contribution in [0.5, 0.6) is 0 Å². The molecule has 0 aromatic heterocycles. The van der Waals surface area contributed by atoms with Gasteiger partial charge in [0, 0.05) is 6.42 Å². The van der Waals surface area contributed by atoms with Crippen LogP contribution in [0.15, 0.2) is 24.3 Å². The fourth-order valence-electron chi connectivity index (χ4n) is 2.64. The molecule has 0 spiro atoms. The van der Waals surface area contributed by atoms with E-state index in [-0.39, 0.29) is 12.0 Å². The van der Waals surface area contributed by atoms with Crippen molar-refractivity contribution in [3.63, 3.8) is 0 Å². The number of hydrogen-bond acceptors (Lipinski definition) is 3. The molecule has 4 nitrogen and oxygen atoms in total. The minimum atomic E-state index is -0.132. The van der Waals surface area contributed by atoms with Crippen LogP contribution in [0.2, 0.25) is 0 Å². The van der Waals surface area contributed by atoms with Gasteiger partial charge in [0.1, 0.15) is 6.61 Å². The third kappa shape index (κ3) is 4.98. The second-order valence-corrected chi connectivity index (χ2v) is 5.92. The van der Waals surface area contributed by atoms with E-state index in [1.54, 1.807) is 0 Å². The van der Waals surface area contributed by atoms with Gasteiger partial charge in [-0.15, -0.1) is 0 Å². The van der Waals surface area contributed by atoms with Gasteiger partial charge >= 0.3 is 5.97 Å². The van der Waals surface area contributed by atoms with Crippen LogP contribution in [0.4, 0.5) is 0 Å². The number of carbonyl (C=O) groups is 1. The molecule has 0 heterocycles. The van der Waals surface area contributed by atoms with Crippen LogP contribution in [0.1, 0.15) is 49.8 Å². The van der Waals surface area contributed by atoms with Gasteiger partial charge in [0.25, 0.3) is 0 Å². The van der Waals surface area contributed by atoms with Gasteiger partial charge < -0.3 is 15.4 Å². The zero-order valence-electron chi connectivity index (χ0n) is 13.1. The maximum Gasteiger partial charge on any atom is 0.305 e. The monoisotopic (exact) mass is 320 g/mol. The number of hydrogen-bond donors (Lipinski definition) is 2. The summed E-state index contributed by atoms with van der Waals surface area (Å²) < 4.78 is 5.13. The molecule has 0 radical (unpaired) electrons. The Morgan fingerprint density at radius 3 is 3.05 bits per heavy atom. The zero-order valence-corrected chi connectivity index (χ0v) is 13.9. The molecule has 0 fully saturated rings. The van der Waals surface area contributed by atoms with E-state index in [0.717, 1.165) is 25.7 Å². The number of fused-ring (bicyclic) bond motifs is 1. The second kappa shape index (κ2) is 8.73. The van der Waals surface area contributed by atoms with Gasteiger partial charge in [-0.1, -0.05) is 37.6 Å². The first-order chi connectivity index (χ1) is 10.7. The molecule has 2 N–H and O–H groups in total. The van der Waals surface area contributed by atoms with Crippen molar-refractivity contribution in [3.05, 3.63) is 35.4 Å². The zero-order chi connectivity index (χ0) is 15.8. The van der Waals surface area contributed by atoms with Gasteiger partial charge in [-0.3, -0.25) is 4.79 Å². The van der Waals surface area contributed by atoms with Crippen molar-refractivity contribution in [2.24, 2.45) is 0 Å². The molecular formula is C17H24N2O2S. The van der Waals surface area contributed by atoms with Crippen molar-refractivity contribution in [2.75, 3.05) is 13.2 Å². The Hall–Kier alpha value is -1.62. The fourth-order valence-corrected chi connectivity index (χ4v) is 2.88. The van der Waals surface area contributed by atoms with E-state index in [2.05, 4.69) is 41.8 Å². The standard InChI is InChI=1S/C17H24N2O2S/c1-2-3-8-16(20)21-12-11-18-17(22)19-15-10-9-13-6-4-5-7-14(13)15/h4-7,15H,2-3,8-12H2,1H3,(H2,18,19,22). The van der Waals surface area contributed by atoms with Gasteiger partial charge in [-0.2, -0.15) is 0 Å². The summed E-state index contributed by atoms with van der Waals surface area (Å²) in [6.07, 6.45) is 4.54. The molecule has 1 aliphatic rings. The van der Waals surface area contributed by atoms with Crippen LogP contribution < -0.4 is 10.6 Å². The first-order valence-corrected chi connectivity index (χ1v) is 8.39. The molecule has 0 saturated heterocycles. The van der Waals surface area contributed by atoms with Crippen LogP contribution in [0.3, 0.4) is 0 Å². The van der Waals surface area contributed by atoms with Gasteiger partial charge in [0.05, 0.1) is 12.6 Å². The Morgan fingerprint density at radius 1 is 1.41 bits per heavy atom. The van der Waals surface area contributed by atoms with Crippen LogP contribution in [-0.4, -0.2) is 24.2 Å². The summed E-state index contributed by atoms with van der Waals surface area (Å²) in [5.74, 6) is -0.132. The van der Waals surface area contributed by atoms with Crippen molar-refractivity contribution in [3.8, 4) is 0 Å². The Labute approximate surface area is 137 Å². The molecule has 1 aromatic rings. The van der Waals surface area contributed by atoms with Gasteiger partial charge in [-0.25, -0.2) is 0 Å². The Morgan fingerprint density at radius 2 is 2.23 bits per heavy atom. The SMILES string of the molecule is CCCCC(=O)OCCNC(=S)NC1CCc2ccccc21. The highest BCUT2D eigenvalue weighted by Gasteiger charge is 2.22. The number of aryl methyl sites for hydroxylation is 1. The topological polar surface area (TPSA) is 50.4 Å². The van der Waals surface area contributed by atoms with E-state index < -0.39 is 0 Å². The molecule has 0 saturated carbocycles. The molecule has 0 aliphatic heterocycles. The van der Waals surface area contributed by atoms with Crippen LogP contribution in [0, 0.1) is 0 Å². The summed E-state index contributed by atoms with van der Waals surface area (Å²) in [5.41, 5.74) is 2.73. The number of thiocarbonyl (C=S) groups is 1. The van der Waals surface area contributed by atoms with E-state index in [1.165, 1.54) is 11.1 Å². The maximum absolute atomic E-state index is 11.4. The number of benzene rings is 1. The summed E-state index contributed by atoms with van der Waals surface area (Å²) in [6, 6.07) is 8.74. The maximum atomic E-state index is 11.4. The molecule has 1 atom stereocenters. The molecule has 120 valence electrons. The average molecular weight is 320 g/mol. The summed E-state index contributed by atoms with van der Waals surface area (Å²) >= 11 is 5.31. The molecule has 2 rings (SSSR count). The number of esters is 1. The lowest BCUT2D eigenvalue weighted by Crippen LogP contribution is -2.38. The molecule has 1 aliphatic carbocycles.